The molecule has 0 unspecified atom stereocenters. The third kappa shape index (κ3) is 2.39. The van der Waals surface area contributed by atoms with Crippen molar-refractivity contribution in [1.29, 1.82) is 0 Å². The van der Waals surface area contributed by atoms with Gasteiger partial charge in [-0.05, 0) is 31.2 Å². The second-order valence-electron chi connectivity index (χ2n) is 4.68. The van der Waals surface area contributed by atoms with Gasteiger partial charge in [0.2, 0.25) is 0 Å². The fraction of sp³-hybridized carbons (Fsp3) is 0.133. The molecule has 0 saturated heterocycles. The predicted octanol–water partition coefficient (Wildman–Crippen LogP) is 2.34. The van der Waals surface area contributed by atoms with Crippen molar-refractivity contribution in [3.63, 3.8) is 0 Å². The molecule has 2 aromatic carbocycles. The summed E-state index contributed by atoms with van der Waals surface area (Å²) in [7, 11) is -3.73. The van der Waals surface area contributed by atoms with Crippen molar-refractivity contribution in [2.45, 2.75) is 11.8 Å². The number of nitrogens with zero attached hydrogens (tertiary/aromatic N) is 1. The van der Waals surface area contributed by atoms with Gasteiger partial charge in [-0.3, -0.25) is 9.29 Å². The number of sulfonamides is 1. The van der Waals surface area contributed by atoms with Crippen LogP contribution in [0.1, 0.15) is 6.92 Å². The van der Waals surface area contributed by atoms with Crippen molar-refractivity contribution in [2.75, 3.05) is 10.8 Å². The molecule has 114 valence electrons. The van der Waals surface area contributed by atoms with Crippen molar-refractivity contribution in [1.82, 2.24) is 4.98 Å². The van der Waals surface area contributed by atoms with E-state index < -0.39 is 15.8 Å². The van der Waals surface area contributed by atoms with Crippen LogP contribution in [0.5, 0.6) is 0 Å². The molecule has 0 fully saturated rings. The molecule has 1 heterocycles. The van der Waals surface area contributed by atoms with Crippen LogP contribution in [0.25, 0.3) is 11.1 Å². The van der Waals surface area contributed by atoms with Crippen molar-refractivity contribution >= 4 is 26.8 Å². The molecule has 0 spiro atoms. The second kappa shape index (κ2) is 5.34. The highest BCUT2D eigenvalue weighted by molar-refractivity contribution is 7.92. The second-order valence-corrected chi connectivity index (χ2v) is 6.54. The highest BCUT2D eigenvalue weighted by atomic mass is 32.2. The number of nitrogens with one attached hydrogen (secondary N) is 1. The van der Waals surface area contributed by atoms with Gasteiger partial charge in [-0.2, -0.15) is 0 Å². The smallest absolute Gasteiger partial charge is 0.408 e. The van der Waals surface area contributed by atoms with E-state index in [0.29, 0.717) is 17.7 Å². The first-order valence-electron chi connectivity index (χ1n) is 6.73. The number of oxazole rings is 1. The van der Waals surface area contributed by atoms with E-state index in [9.17, 15) is 13.2 Å². The zero-order valence-electron chi connectivity index (χ0n) is 11.8. The van der Waals surface area contributed by atoms with E-state index in [0.717, 1.165) is 0 Å². The molecule has 3 rings (SSSR count). The molecule has 0 aliphatic rings. The van der Waals surface area contributed by atoms with E-state index in [2.05, 4.69) is 4.98 Å². The summed E-state index contributed by atoms with van der Waals surface area (Å²) in [6.45, 7) is 2.06. The van der Waals surface area contributed by atoms with Crippen LogP contribution in [0, 0.1) is 0 Å². The van der Waals surface area contributed by atoms with Crippen LogP contribution < -0.4 is 10.1 Å². The average molecular weight is 318 g/mol. The quantitative estimate of drug-likeness (QED) is 0.800. The Balaban J connectivity index is 2.11. The Labute approximate surface area is 127 Å². The van der Waals surface area contributed by atoms with Crippen LogP contribution in [0.2, 0.25) is 0 Å². The van der Waals surface area contributed by atoms with Gasteiger partial charge in [-0.1, -0.05) is 18.2 Å². The zero-order chi connectivity index (χ0) is 15.7. The van der Waals surface area contributed by atoms with Crippen LogP contribution in [-0.2, 0) is 10.0 Å². The Hall–Kier alpha value is -2.54. The largest absolute Gasteiger partial charge is 0.417 e. The van der Waals surface area contributed by atoms with Gasteiger partial charge in [0.15, 0.2) is 5.58 Å². The number of rotatable bonds is 4. The van der Waals surface area contributed by atoms with Gasteiger partial charge >= 0.3 is 5.76 Å². The summed E-state index contributed by atoms with van der Waals surface area (Å²) in [6, 6.07) is 13.2. The molecule has 0 saturated carbocycles. The third-order valence-electron chi connectivity index (χ3n) is 3.31. The Bertz CT molecular complexity index is 958. The molecule has 0 aliphatic carbocycles. The standard InChI is InChI=1S/C15H14N2O4S/c1-2-17(11-6-4-3-5-7-11)22(19,20)12-8-9-13-14(10-12)21-15(18)16-13/h3-10H,2H2,1H3,(H,16,18). The van der Waals surface area contributed by atoms with Gasteiger partial charge in [0, 0.05) is 12.6 Å². The van der Waals surface area contributed by atoms with Gasteiger partial charge in [-0.15, -0.1) is 0 Å². The normalized spacial score (nSPS) is 11.7. The summed E-state index contributed by atoms with van der Waals surface area (Å²) < 4.78 is 31.9. The first kappa shape index (κ1) is 14.4. The highest BCUT2D eigenvalue weighted by Crippen LogP contribution is 2.25. The minimum absolute atomic E-state index is 0.0773. The highest BCUT2D eigenvalue weighted by Gasteiger charge is 2.24. The van der Waals surface area contributed by atoms with E-state index in [1.807, 2.05) is 6.07 Å². The molecule has 0 amide bonds. The number of para-hydroxylation sites is 1. The third-order valence-corrected chi connectivity index (χ3v) is 5.21. The molecule has 22 heavy (non-hydrogen) atoms. The first-order chi connectivity index (χ1) is 10.5. The minimum Gasteiger partial charge on any atom is -0.408 e. The summed E-state index contributed by atoms with van der Waals surface area (Å²) in [4.78, 5) is 13.7. The summed E-state index contributed by atoms with van der Waals surface area (Å²) in [5.74, 6) is -0.611. The van der Waals surface area contributed by atoms with Gasteiger partial charge in [-0.25, -0.2) is 13.2 Å². The Kier molecular flexibility index (Phi) is 3.50. The Morgan fingerprint density at radius 2 is 1.86 bits per heavy atom. The van der Waals surface area contributed by atoms with Crippen molar-refractivity contribution in [2.24, 2.45) is 0 Å². The van der Waals surface area contributed by atoms with E-state index in [-0.39, 0.29) is 10.5 Å². The van der Waals surface area contributed by atoms with E-state index in [4.69, 9.17) is 4.42 Å². The van der Waals surface area contributed by atoms with Crippen LogP contribution in [-0.4, -0.2) is 19.9 Å². The summed E-state index contributed by atoms with van der Waals surface area (Å²) >= 11 is 0. The maximum absolute atomic E-state index is 12.8. The van der Waals surface area contributed by atoms with Gasteiger partial charge in [0.05, 0.1) is 16.1 Å². The number of anilines is 1. The Morgan fingerprint density at radius 1 is 1.14 bits per heavy atom. The molecule has 6 nitrogen and oxygen atoms in total. The maximum atomic E-state index is 12.8. The number of benzene rings is 2. The fourth-order valence-corrected chi connectivity index (χ4v) is 3.79. The predicted molar refractivity (Wildman–Crippen MR) is 83.5 cm³/mol. The topological polar surface area (TPSA) is 83.4 Å². The van der Waals surface area contributed by atoms with E-state index >= 15 is 0 Å². The number of fused-ring (bicyclic) bond motifs is 1. The molecule has 0 atom stereocenters. The van der Waals surface area contributed by atoms with E-state index in [1.54, 1.807) is 31.2 Å². The number of aromatic nitrogens is 1. The van der Waals surface area contributed by atoms with Crippen LogP contribution >= 0.6 is 0 Å². The molecule has 0 radical (unpaired) electrons. The van der Waals surface area contributed by atoms with Gasteiger partial charge in [0.1, 0.15) is 0 Å². The lowest BCUT2D eigenvalue weighted by molar-refractivity contribution is 0.554. The first-order valence-corrected chi connectivity index (χ1v) is 8.17. The van der Waals surface area contributed by atoms with Crippen LogP contribution in [0.4, 0.5) is 5.69 Å². The summed E-state index contributed by atoms with van der Waals surface area (Å²) in [5.41, 5.74) is 1.27. The molecular formula is C15H14N2O4S. The molecular weight excluding hydrogens is 304 g/mol. The number of H-pyrrole nitrogens is 1. The summed E-state index contributed by atoms with van der Waals surface area (Å²) in [6.07, 6.45) is 0. The lowest BCUT2D eigenvalue weighted by atomic mass is 10.3. The van der Waals surface area contributed by atoms with Gasteiger partial charge < -0.3 is 4.42 Å². The lowest BCUT2D eigenvalue weighted by Crippen LogP contribution is -2.30. The molecule has 0 bridgehead atoms. The van der Waals surface area contributed by atoms with Crippen LogP contribution in [0.3, 0.4) is 0 Å². The molecule has 7 heteroatoms. The van der Waals surface area contributed by atoms with Crippen molar-refractivity contribution in [3.05, 3.63) is 59.1 Å². The van der Waals surface area contributed by atoms with Crippen LogP contribution in [0.15, 0.2) is 62.6 Å². The number of hydrogen-bond donors (Lipinski definition) is 1. The van der Waals surface area contributed by atoms with Crippen molar-refractivity contribution in [3.8, 4) is 0 Å². The minimum atomic E-state index is -3.73. The fourth-order valence-electron chi connectivity index (χ4n) is 2.30. The van der Waals surface area contributed by atoms with Gasteiger partial charge in [0.25, 0.3) is 10.0 Å². The van der Waals surface area contributed by atoms with E-state index in [1.165, 1.54) is 22.5 Å². The monoisotopic (exact) mass is 318 g/mol. The number of hydrogen-bond acceptors (Lipinski definition) is 4. The van der Waals surface area contributed by atoms with Crippen molar-refractivity contribution < 1.29 is 12.8 Å². The molecule has 1 N–H and O–H groups in total. The number of aromatic amines is 1. The SMILES string of the molecule is CCN(c1ccccc1)S(=O)(=O)c1ccc2[nH]c(=O)oc2c1. The summed E-state index contributed by atoms with van der Waals surface area (Å²) in [5, 5.41) is 0. The zero-order valence-corrected chi connectivity index (χ0v) is 12.6. The maximum Gasteiger partial charge on any atom is 0.417 e. The molecule has 0 aliphatic heterocycles. The lowest BCUT2D eigenvalue weighted by Gasteiger charge is -2.22. The average Bonchev–Trinajstić information content (AvgIpc) is 2.88. The molecule has 1 aromatic heterocycles. The molecule has 3 aromatic rings. The Morgan fingerprint density at radius 3 is 2.55 bits per heavy atom.